The van der Waals surface area contributed by atoms with E-state index in [0.29, 0.717) is 45.9 Å². The summed E-state index contributed by atoms with van der Waals surface area (Å²) in [7, 11) is 0. The van der Waals surface area contributed by atoms with Crippen LogP contribution in [0.15, 0.2) is 97.1 Å². The fourth-order valence-corrected chi connectivity index (χ4v) is 5.46. The Kier molecular flexibility index (Phi) is 6.54. The molecular weight excluding hydrogens is 584 g/mol. The Morgan fingerprint density at radius 1 is 0.349 bits per heavy atom. The third-order valence-electron chi connectivity index (χ3n) is 7.33. The SMILES string of the molecule is CC.[Cu+2].c1ccc2c(c1)-c1nc-2nc2[n-]c(nc3nc(nc4[n-]c(n1)c1ccccc41)-c1ccccc1-3)c1ccccc21. The predicted octanol–water partition coefficient (Wildman–Crippen LogP) is 7.15. The molecule has 9 heteroatoms. The molecular formula is C34H22CuN8. The predicted molar refractivity (Wildman–Crippen MR) is 165 cm³/mol. The minimum Gasteiger partial charge on any atom is -0.357 e. The number of benzene rings is 4. The molecule has 0 saturated carbocycles. The normalized spacial score (nSPS) is 11.3. The van der Waals surface area contributed by atoms with Crippen LogP contribution in [-0.4, -0.2) is 29.9 Å². The van der Waals surface area contributed by atoms with E-state index >= 15 is 0 Å². The topological polar surface area (TPSA) is 106 Å². The number of hydrogen-bond donors (Lipinski definition) is 0. The minimum absolute atomic E-state index is 0. The minimum atomic E-state index is 0. The first kappa shape index (κ1) is 26.6. The molecule has 43 heavy (non-hydrogen) atoms. The van der Waals surface area contributed by atoms with Crippen LogP contribution in [0.25, 0.3) is 89.7 Å². The molecule has 9 rings (SSSR count). The molecule has 5 heterocycles. The molecule has 7 aromatic rings. The van der Waals surface area contributed by atoms with E-state index in [1.807, 2.05) is 111 Å². The maximum atomic E-state index is 4.95. The fourth-order valence-electron chi connectivity index (χ4n) is 5.46. The molecule has 209 valence electrons. The number of nitrogens with zero attached hydrogens (tertiary/aromatic N) is 8. The fraction of sp³-hybridized carbons (Fsp3) is 0.0588. The first-order valence-corrected chi connectivity index (χ1v) is 13.9. The summed E-state index contributed by atoms with van der Waals surface area (Å²) in [6, 6.07) is 31.8. The van der Waals surface area contributed by atoms with Gasteiger partial charge in [0.1, 0.15) is 0 Å². The molecule has 1 radical (unpaired) electrons. The van der Waals surface area contributed by atoms with E-state index < -0.39 is 0 Å². The van der Waals surface area contributed by atoms with E-state index in [2.05, 4.69) is 0 Å². The maximum absolute atomic E-state index is 4.95. The van der Waals surface area contributed by atoms with Gasteiger partial charge in [0.05, 0.1) is 23.3 Å². The van der Waals surface area contributed by atoms with Crippen LogP contribution in [-0.2, 0) is 17.1 Å². The molecule has 3 aromatic heterocycles. The van der Waals surface area contributed by atoms with Gasteiger partial charge in [-0.05, 0) is 21.5 Å². The van der Waals surface area contributed by atoms with Crippen molar-refractivity contribution in [2.24, 2.45) is 0 Å². The Labute approximate surface area is 256 Å². The van der Waals surface area contributed by atoms with Gasteiger partial charge in [0.15, 0.2) is 0 Å². The Balaban J connectivity index is 0.000000981. The van der Waals surface area contributed by atoms with Gasteiger partial charge in [-0.25, -0.2) is 9.97 Å². The molecule has 0 amide bonds. The first-order chi connectivity index (χ1) is 20.8. The van der Waals surface area contributed by atoms with Crippen molar-refractivity contribution < 1.29 is 17.1 Å². The van der Waals surface area contributed by atoms with Crippen molar-refractivity contribution >= 4 is 44.1 Å². The Morgan fingerprint density at radius 2 is 0.581 bits per heavy atom. The third kappa shape index (κ3) is 4.21. The van der Waals surface area contributed by atoms with Crippen molar-refractivity contribution in [2.75, 3.05) is 0 Å². The zero-order valence-corrected chi connectivity index (χ0v) is 24.1. The maximum Gasteiger partial charge on any atom is 2.00 e. The van der Waals surface area contributed by atoms with Gasteiger partial charge >= 0.3 is 17.1 Å². The average molecular weight is 606 g/mol. The molecule has 8 bridgehead atoms. The largest absolute Gasteiger partial charge is 2.00 e. The van der Waals surface area contributed by atoms with Gasteiger partial charge in [0.2, 0.25) is 0 Å². The standard InChI is InChI=1S/C32H16N8.C2H6.Cu/c1-2-10-18-17(9-1)25-33-26(18)38-28-21-13-5-6-14-22(21)30(35-28)40-32-24-16-8-7-15-23(24)31(36-32)39-29-20-12-4-3-11-19(20)27(34-29)37-25;1-2;/h1-16H;1-2H3;/q-2;;+2. The summed E-state index contributed by atoms with van der Waals surface area (Å²) in [4.78, 5) is 39.3. The van der Waals surface area contributed by atoms with Gasteiger partial charge in [0.25, 0.3) is 0 Å². The summed E-state index contributed by atoms with van der Waals surface area (Å²) in [5.74, 6) is 2.21. The van der Waals surface area contributed by atoms with Crippen molar-refractivity contribution in [1.29, 1.82) is 0 Å². The molecule has 0 saturated heterocycles. The van der Waals surface area contributed by atoms with Crippen LogP contribution < -0.4 is 9.97 Å². The summed E-state index contributed by atoms with van der Waals surface area (Å²) in [5, 5.41) is 3.57. The number of fused-ring (bicyclic) bond motifs is 20. The second-order valence-electron chi connectivity index (χ2n) is 9.67. The Morgan fingerprint density at radius 3 is 0.837 bits per heavy atom. The molecule has 4 aromatic carbocycles. The van der Waals surface area contributed by atoms with Gasteiger partial charge in [0, 0.05) is 44.8 Å². The second kappa shape index (κ2) is 10.5. The van der Waals surface area contributed by atoms with Crippen molar-refractivity contribution in [3.05, 3.63) is 97.1 Å². The van der Waals surface area contributed by atoms with E-state index in [4.69, 9.17) is 39.9 Å². The van der Waals surface area contributed by atoms with Gasteiger partial charge in [-0.15, -0.1) is 0 Å². The van der Waals surface area contributed by atoms with Crippen LogP contribution in [0.4, 0.5) is 0 Å². The number of hydrogen-bond acceptors (Lipinski definition) is 6. The summed E-state index contributed by atoms with van der Waals surface area (Å²) >= 11 is 0. The van der Waals surface area contributed by atoms with Gasteiger partial charge in [-0.3, -0.25) is 0 Å². The second-order valence-corrected chi connectivity index (χ2v) is 9.67. The van der Waals surface area contributed by atoms with Crippen LogP contribution >= 0.6 is 0 Å². The molecule has 0 N–H and O–H groups in total. The molecule has 0 aliphatic carbocycles. The zero-order valence-electron chi connectivity index (χ0n) is 23.1. The first-order valence-electron chi connectivity index (χ1n) is 13.9. The van der Waals surface area contributed by atoms with Crippen LogP contribution in [0.2, 0.25) is 0 Å². The van der Waals surface area contributed by atoms with Gasteiger partial charge in [-0.2, -0.15) is 0 Å². The Bertz CT molecular complexity index is 2030. The molecule has 0 atom stereocenters. The van der Waals surface area contributed by atoms with Crippen LogP contribution in [0.5, 0.6) is 0 Å². The van der Waals surface area contributed by atoms with E-state index in [1.54, 1.807) is 0 Å². The van der Waals surface area contributed by atoms with Crippen LogP contribution in [0.1, 0.15) is 13.8 Å². The molecule has 2 aliphatic rings. The Hall–Kier alpha value is -5.24. The zero-order chi connectivity index (χ0) is 28.2. The van der Waals surface area contributed by atoms with Crippen molar-refractivity contribution in [3.63, 3.8) is 0 Å². The van der Waals surface area contributed by atoms with Crippen molar-refractivity contribution in [1.82, 2.24) is 39.9 Å². The number of rotatable bonds is 0. The summed E-state index contributed by atoms with van der Waals surface area (Å²) < 4.78 is 0. The monoisotopic (exact) mass is 605 g/mol. The van der Waals surface area contributed by atoms with Crippen LogP contribution in [0.3, 0.4) is 0 Å². The van der Waals surface area contributed by atoms with Crippen molar-refractivity contribution in [2.45, 2.75) is 13.8 Å². The molecule has 2 aliphatic heterocycles. The van der Waals surface area contributed by atoms with Crippen molar-refractivity contribution in [3.8, 4) is 45.6 Å². The average Bonchev–Trinajstić information content (AvgIpc) is 3.78. The van der Waals surface area contributed by atoms with Gasteiger partial charge < -0.3 is 29.9 Å². The van der Waals surface area contributed by atoms with E-state index in [1.165, 1.54) is 0 Å². The smallest absolute Gasteiger partial charge is 0.357 e. The summed E-state index contributed by atoms with van der Waals surface area (Å²) in [6.45, 7) is 4.00. The van der Waals surface area contributed by atoms with E-state index in [9.17, 15) is 0 Å². The third-order valence-corrected chi connectivity index (χ3v) is 7.33. The van der Waals surface area contributed by atoms with E-state index in [0.717, 1.165) is 43.8 Å². The van der Waals surface area contributed by atoms with Gasteiger partial charge in [-0.1, -0.05) is 111 Å². The quantitative estimate of drug-likeness (QED) is 0.168. The molecule has 0 fully saturated rings. The molecule has 0 spiro atoms. The van der Waals surface area contributed by atoms with Crippen LogP contribution in [0, 0.1) is 0 Å². The van der Waals surface area contributed by atoms with E-state index in [-0.39, 0.29) is 17.1 Å². The summed E-state index contributed by atoms with van der Waals surface area (Å²) in [5.41, 5.74) is 5.78. The molecule has 8 nitrogen and oxygen atoms in total. The number of aromatic nitrogens is 8. The molecule has 0 unspecified atom stereocenters. The summed E-state index contributed by atoms with van der Waals surface area (Å²) in [6.07, 6.45) is 0.